The van der Waals surface area contributed by atoms with Crippen molar-refractivity contribution in [3.05, 3.63) is 29.8 Å². The molecule has 1 saturated heterocycles. The van der Waals surface area contributed by atoms with Crippen LogP contribution in [-0.2, 0) is 39.7 Å². The molecule has 1 fully saturated rings. The summed E-state index contributed by atoms with van der Waals surface area (Å²) in [5.41, 5.74) is -1.91. The van der Waals surface area contributed by atoms with E-state index in [-0.39, 0.29) is 44.3 Å². The van der Waals surface area contributed by atoms with Crippen molar-refractivity contribution < 1.29 is 58.5 Å². The number of aliphatic hydroxyl groups excluding tert-OH is 2. The highest BCUT2D eigenvalue weighted by Crippen LogP contribution is 2.37. The number of hydrogen-bond acceptors (Lipinski definition) is 14. The Bertz CT molecular complexity index is 1310. The zero-order valence-corrected chi connectivity index (χ0v) is 36.3. The minimum atomic E-state index is -1.65. The van der Waals surface area contributed by atoms with E-state index in [9.17, 15) is 25.2 Å². The molecular weight excluding hydrogens is 724 g/mol. The summed E-state index contributed by atoms with van der Waals surface area (Å²) >= 11 is 0. The smallest absolute Gasteiger partial charge is 0.310 e. The van der Waals surface area contributed by atoms with Crippen LogP contribution in [0.3, 0.4) is 0 Å². The first kappa shape index (κ1) is 49.7. The van der Waals surface area contributed by atoms with Crippen molar-refractivity contribution in [2.45, 2.75) is 148 Å². The molecule has 0 bridgehead atoms. The van der Waals surface area contributed by atoms with Gasteiger partial charge < -0.3 is 58.6 Å². The topological polar surface area (TPSA) is 178 Å². The van der Waals surface area contributed by atoms with Gasteiger partial charge in [-0.15, -0.1) is 0 Å². The third kappa shape index (κ3) is 14.8. The van der Waals surface area contributed by atoms with E-state index in [1.54, 1.807) is 47.1 Å². The number of carbonyl (C=O) groups excluding carboxylic acids is 1. The van der Waals surface area contributed by atoms with Crippen LogP contribution < -0.4 is 4.74 Å². The molecule has 0 saturated carbocycles. The largest absolute Gasteiger partial charge is 0.497 e. The van der Waals surface area contributed by atoms with E-state index in [1.165, 1.54) is 0 Å². The van der Waals surface area contributed by atoms with Crippen LogP contribution in [0.5, 0.6) is 5.75 Å². The van der Waals surface area contributed by atoms with Crippen molar-refractivity contribution >= 4 is 11.7 Å². The van der Waals surface area contributed by atoms with Crippen LogP contribution in [0, 0.1) is 23.7 Å². The minimum absolute atomic E-state index is 0.0302. The van der Waals surface area contributed by atoms with Gasteiger partial charge >= 0.3 is 5.97 Å². The van der Waals surface area contributed by atoms with Gasteiger partial charge in [-0.1, -0.05) is 65.3 Å². The third-order valence-electron chi connectivity index (χ3n) is 10.9. The predicted octanol–water partition coefficient (Wildman–Crippen LogP) is 4.57. The molecule has 14 heteroatoms. The normalized spacial score (nSPS) is 24.7. The Kier molecular flexibility index (Phi) is 20.7. The highest BCUT2D eigenvalue weighted by atomic mass is 16.7. The van der Waals surface area contributed by atoms with E-state index in [2.05, 4.69) is 5.16 Å². The van der Waals surface area contributed by atoms with Crippen LogP contribution >= 0.6 is 0 Å². The zero-order valence-electron chi connectivity index (χ0n) is 36.3. The highest BCUT2D eigenvalue weighted by Gasteiger charge is 2.48. The second kappa shape index (κ2) is 23.3. The fraction of sp³-hybridized carbons (Fsp3) is 0.810. The van der Waals surface area contributed by atoms with Gasteiger partial charge in [0.05, 0.1) is 62.0 Å². The van der Waals surface area contributed by atoms with Crippen molar-refractivity contribution in [3.63, 3.8) is 0 Å². The molecule has 12 atom stereocenters. The summed E-state index contributed by atoms with van der Waals surface area (Å²) in [5.74, 6) is -1.79. The molecular formula is C42H74N2O12. The van der Waals surface area contributed by atoms with Crippen LogP contribution in [0.1, 0.15) is 93.6 Å². The molecule has 0 aliphatic carbocycles. The van der Waals surface area contributed by atoms with Gasteiger partial charge in [-0.3, -0.25) is 4.79 Å². The SMILES string of the molecule is CCCC(C)(O)C(O)C(C)C(=NOCOCCOC)C(C)CC(C)(O)C(O[C@@H]1O[C@H](C)C[C@H](N(C)C)[C@H]1O)C(C)C(OC(=O)Cc1ccc(OC)cc1)C(C)C. The van der Waals surface area contributed by atoms with Crippen LogP contribution in [0.2, 0.25) is 0 Å². The van der Waals surface area contributed by atoms with Crippen molar-refractivity contribution in [1.82, 2.24) is 4.90 Å². The lowest BCUT2D eigenvalue weighted by Gasteiger charge is -2.47. The lowest BCUT2D eigenvalue weighted by molar-refractivity contribution is -0.299. The first-order chi connectivity index (χ1) is 26.2. The lowest BCUT2D eigenvalue weighted by atomic mass is 9.74. The first-order valence-electron chi connectivity index (χ1n) is 20.1. The number of rotatable bonds is 25. The third-order valence-corrected chi connectivity index (χ3v) is 10.9. The fourth-order valence-corrected chi connectivity index (χ4v) is 7.92. The van der Waals surface area contributed by atoms with Gasteiger partial charge in [-0.2, -0.15) is 0 Å². The molecule has 4 N–H and O–H groups in total. The van der Waals surface area contributed by atoms with Crippen molar-refractivity contribution in [1.29, 1.82) is 0 Å². The Morgan fingerprint density at radius 2 is 1.68 bits per heavy atom. The molecule has 8 unspecified atom stereocenters. The molecule has 56 heavy (non-hydrogen) atoms. The average Bonchev–Trinajstić information content (AvgIpc) is 3.12. The maximum atomic E-state index is 13.5. The summed E-state index contributed by atoms with van der Waals surface area (Å²) in [7, 11) is 6.92. The maximum absolute atomic E-state index is 13.5. The van der Waals surface area contributed by atoms with Gasteiger partial charge in [0, 0.05) is 30.9 Å². The number of ether oxygens (including phenoxy) is 6. The van der Waals surface area contributed by atoms with Crippen LogP contribution in [0.25, 0.3) is 0 Å². The van der Waals surface area contributed by atoms with Crippen molar-refractivity contribution in [2.24, 2.45) is 28.8 Å². The lowest BCUT2D eigenvalue weighted by Crippen LogP contribution is -2.59. The van der Waals surface area contributed by atoms with Gasteiger partial charge in [-0.05, 0) is 77.7 Å². The van der Waals surface area contributed by atoms with E-state index in [0.717, 1.165) is 5.56 Å². The average molecular weight is 799 g/mol. The van der Waals surface area contributed by atoms with Crippen molar-refractivity contribution in [3.8, 4) is 5.75 Å². The van der Waals surface area contributed by atoms with Crippen LogP contribution in [-0.4, -0.2) is 139 Å². The zero-order chi connectivity index (χ0) is 42.4. The molecule has 1 aliphatic heterocycles. The second-order valence-electron chi connectivity index (χ2n) is 16.7. The summed E-state index contributed by atoms with van der Waals surface area (Å²) in [6, 6.07) is 6.92. The summed E-state index contributed by atoms with van der Waals surface area (Å²) < 4.78 is 34.8. The van der Waals surface area contributed by atoms with Gasteiger partial charge in [0.25, 0.3) is 0 Å². The number of nitrogens with zero attached hydrogens (tertiary/aromatic N) is 2. The Labute approximate surface area is 335 Å². The number of aliphatic hydroxyl groups is 4. The number of methoxy groups -OCH3 is 2. The molecule has 1 aliphatic rings. The van der Waals surface area contributed by atoms with Gasteiger partial charge in [-0.25, -0.2) is 0 Å². The molecule has 1 aromatic carbocycles. The van der Waals surface area contributed by atoms with E-state index in [4.69, 9.17) is 33.3 Å². The van der Waals surface area contributed by atoms with E-state index < -0.39 is 65.6 Å². The molecule has 0 spiro atoms. The molecule has 324 valence electrons. The summed E-state index contributed by atoms with van der Waals surface area (Å²) in [4.78, 5) is 21.0. The minimum Gasteiger partial charge on any atom is -0.497 e. The number of esters is 1. The number of carbonyl (C=O) groups is 1. The standard InChI is InChI=1S/C42H74N2O12/c1-14-19-41(8,48)38(47)29(6)35(43-53-25-52-21-20-50-12)27(4)24-42(9,49)39(56-40-36(46)33(44(10)11)22-28(5)54-40)30(7)37(26(2)3)55-34(45)23-31-15-17-32(51-13)18-16-31/h15-18,26-30,33,36-40,46-49H,14,19-25H2,1-13H3/t27?,28-,29?,30?,33+,36-,37?,38?,39?,40+,41?,42?/m1/s1. The van der Waals surface area contributed by atoms with Gasteiger partial charge in [0.2, 0.25) is 6.79 Å². The Hall–Kier alpha value is -2.40. The Morgan fingerprint density at radius 1 is 1.04 bits per heavy atom. The molecule has 0 radical (unpaired) electrons. The van der Waals surface area contributed by atoms with Crippen LogP contribution in [0.4, 0.5) is 0 Å². The Balaban J connectivity index is 2.54. The molecule has 14 nitrogen and oxygen atoms in total. The highest BCUT2D eigenvalue weighted by molar-refractivity contribution is 5.88. The second-order valence-corrected chi connectivity index (χ2v) is 16.7. The maximum Gasteiger partial charge on any atom is 0.310 e. The quantitative estimate of drug-likeness (QED) is 0.0356. The molecule has 0 amide bonds. The van der Waals surface area contributed by atoms with Gasteiger partial charge in [0.1, 0.15) is 18.0 Å². The van der Waals surface area contributed by atoms with E-state index in [1.807, 2.05) is 72.7 Å². The van der Waals surface area contributed by atoms with E-state index in [0.29, 0.717) is 37.3 Å². The number of likely N-dealkylation sites (N-methyl/N-ethyl adjacent to an activating group) is 1. The molecule has 0 aromatic heterocycles. The van der Waals surface area contributed by atoms with Crippen LogP contribution in [0.15, 0.2) is 29.4 Å². The molecule has 2 rings (SSSR count). The summed E-state index contributed by atoms with van der Waals surface area (Å²) in [6.07, 6.45) is -3.69. The number of oxime groups is 1. The summed E-state index contributed by atoms with van der Waals surface area (Å²) in [5, 5.41) is 51.2. The monoisotopic (exact) mass is 799 g/mol. The van der Waals surface area contributed by atoms with Gasteiger partial charge in [0.15, 0.2) is 6.29 Å². The molecule has 1 aromatic rings. The molecule has 1 heterocycles. The number of hydrogen-bond donors (Lipinski definition) is 4. The number of benzene rings is 1. The summed E-state index contributed by atoms with van der Waals surface area (Å²) in [6.45, 7) is 16.9. The first-order valence-corrected chi connectivity index (χ1v) is 20.1. The predicted molar refractivity (Wildman–Crippen MR) is 214 cm³/mol. The Morgan fingerprint density at radius 3 is 2.23 bits per heavy atom. The van der Waals surface area contributed by atoms with Crippen molar-refractivity contribution in [2.75, 3.05) is 48.3 Å². The fourth-order valence-electron chi connectivity index (χ4n) is 7.92. The van der Waals surface area contributed by atoms with E-state index >= 15 is 0 Å².